The van der Waals surface area contributed by atoms with E-state index >= 15 is 0 Å². The molecule has 0 heterocycles. The maximum atomic E-state index is 12.9. The van der Waals surface area contributed by atoms with Crippen molar-refractivity contribution in [3.8, 4) is 0 Å². The van der Waals surface area contributed by atoms with Crippen LogP contribution in [0.4, 0.5) is 13.6 Å². The molecule has 0 spiro atoms. The Morgan fingerprint density at radius 3 is 1.45 bits per heavy atom. The van der Waals surface area contributed by atoms with Gasteiger partial charge in [0.2, 0.25) is 0 Å². The summed E-state index contributed by atoms with van der Waals surface area (Å²) in [5.41, 5.74) is 0. The van der Waals surface area contributed by atoms with Crippen LogP contribution in [0.5, 0.6) is 0 Å². The normalized spacial score (nSPS) is 11.6. The lowest BCUT2D eigenvalue weighted by Gasteiger charge is -2.21. The van der Waals surface area contributed by atoms with Crippen LogP contribution in [-0.2, 0) is 4.74 Å². The number of hydrogen-bond donors (Lipinski definition) is 0. The van der Waals surface area contributed by atoms with Gasteiger partial charge in [0.05, 0.1) is 13.2 Å². The summed E-state index contributed by atoms with van der Waals surface area (Å²) in [5.74, 6) is 0. The van der Waals surface area contributed by atoms with E-state index in [2.05, 4.69) is 26.0 Å². The lowest BCUT2D eigenvalue weighted by molar-refractivity contribution is 0.0596. The monoisotopic (exact) mass is 543 g/mol. The molecular formula is C33H63F2NO2. The number of halogens is 2. The molecule has 0 bridgehead atoms. The molecule has 0 aliphatic rings. The Morgan fingerprint density at radius 1 is 0.605 bits per heavy atom. The van der Waals surface area contributed by atoms with Crippen LogP contribution in [0.1, 0.15) is 168 Å². The van der Waals surface area contributed by atoms with E-state index in [0.29, 0.717) is 13.2 Å². The Hall–Kier alpha value is -1.13. The van der Waals surface area contributed by atoms with E-state index in [-0.39, 0.29) is 0 Å². The van der Waals surface area contributed by atoms with Gasteiger partial charge in [-0.25, -0.2) is 13.6 Å². The average molecular weight is 544 g/mol. The summed E-state index contributed by atoms with van der Waals surface area (Å²) in [6.07, 6.45) is 30.6. The van der Waals surface area contributed by atoms with Gasteiger partial charge in [-0.1, -0.05) is 142 Å². The third kappa shape index (κ3) is 27.9. The molecule has 0 N–H and O–H groups in total. The van der Waals surface area contributed by atoms with Crippen molar-refractivity contribution in [1.82, 2.24) is 4.90 Å². The third-order valence-corrected chi connectivity index (χ3v) is 7.28. The number of alkyl halides is 2. The zero-order chi connectivity index (χ0) is 27.9. The van der Waals surface area contributed by atoms with Crippen molar-refractivity contribution in [3.05, 3.63) is 12.2 Å². The Labute approximate surface area is 235 Å². The van der Waals surface area contributed by atoms with Gasteiger partial charge in [0, 0.05) is 6.54 Å². The summed E-state index contributed by atoms with van der Waals surface area (Å²) in [4.78, 5) is 13.5. The molecule has 0 aromatic rings. The molecule has 0 rings (SSSR count). The van der Waals surface area contributed by atoms with Crippen molar-refractivity contribution in [2.75, 3.05) is 19.7 Å². The first-order chi connectivity index (χ1) is 18.6. The Balaban J connectivity index is 3.65. The fraction of sp³-hybridized carbons (Fsp3) is 0.909. The summed E-state index contributed by atoms with van der Waals surface area (Å²) in [7, 11) is 0. The number of allylic oxidation sites excluding steroid dienone is 2. The van der Waals surface area contributed by atoms with E-state index < -0.39 is 19.1 Å². The molecule has 5 heteroatoms. The maximum absolute atomic E-state index is 12.9. The minimum absolute atomic E-state index is 0.331. The van der Waals surface area contributed by atoms with Crippen LogP contribution >= 0.6 is 0 Å². The fourth-order valence-electron chi connectivity index (χ4n) is 4.81. The van der Waals surface area contributed by atoms with Crippen molar-refractivity contribution in [1.29, 1.82) is 0 Å². The molecule has 3 nitrogen and oxygen atoms in total. The van der Waals surface area contributed by atoms with Gasteiger partial charge in [0.1, 0.15) is 0 Å². The summed E-state index contributed by atoms with van der Waals surface area (Å²) >= 11 is 0. The molecule has 0 atom stereocenters. The molecule has 38 heavy (non-hydrogen) atoms. The Kier molecular flexibility index (Phi) is 29.5. The highest BCUT2D eigenvalue weighted by atomic mass is 19.3. The molecule has 0 aromatic carbocycles. The molecule has 0 unspecified atom stereocenters. The van der Waals surface area contributed by atoms with Gasteiger partial charge in [-0.15, -0.1) is 0 Å². The van der Waals surface area contributed by atoms with Crippen molar-refractivity contribution in [2.24, 2.45) is 0 Å². The van der Waals surface area contributed by atoms with Crippen LogP contribution in [0.25, 0.3) is 0 Å². The van der Waals surface area contributed by atoms with E-state index in [4.69, 9.17) is 4.74 Å². The maximum Gasteiger partial charge on any atom is 0.409 e. The number of rotatable bonds is 29. The van der Waals surface area contributed by atoms with Crippen LogP contribution in [0.15, 0.2) is 12.2 Å². The highest BCUT2D eigenvalue weighted by Gasteiger charge is 2.19. The largest absolute Gasteiger partial charge is 0.449 e. The SMILES string of the molecule is CCCCCCCC/C=C\CCCCCCCCOC(=O)N(CCCCCCCCCCCC)CC(F)F. The van der Waals surface area contributed by atoms with Gasteiger partial charge in [-0.2, -0.15) is 0 Å². The smallest absolute Gasteiger partial charge is 0.409 e. The van der Waals surface area contributed by atoms with Crippen LogP contribution in [0.2, 0.25) is 0 Å². The molecule has 1 amide bonds. The second kappa shape index (κ2) is 30.4. The van der Waals surface area contributed by atoms with Crippen LogP contribution in [-0.4, -0.2) is 37.1 Å². The first-order valence-corrected chi connectivity index (χ1v) is 16.5. The van der Waals surface area contributed by atoms with Gasteiger partial charge < -0.3 is 9.64 Å². The quantitative estimate of drug-likeness (QED) is 0.0693. The molecule has 226 valence electrons. The molecule has 0 aromatic heterocycles. The number of unbranched alkanes of at least 4 members (excludes halogenated alkanes) is 21. The molecule has 0 saturated carbocycles. The summed E-state index contributed by atoms with van der Waals surface area (Å²) in [6, 6.07) is 0. The summed E-state index contributed by atoms with van der Waals surface area (Å²) in [5, 5.41) is 0. The minimum Gasteiger partial charge on any atom is -0.449 e. The zero-order valence-corrected chi connectivity index (χ0v) is 25.3. The number of amides is 1. The van der Waals surface area contributed by atoms with Crippen molar-refractivity contribution >= 4 is 6.09 Å². The number of carbonyl (C=O) groups is 1. The Bertz CT molecular complexity index is 513. The number of ether oxygens (including phenoxy) is 1. The van der Waals surface area contributed by atoms with Gasteiger partial charge >= 0.3 is 6.09 Å². The van der Waals surface area contributed by atoms with Gasteiger partial charge in [0.25, 0.3) is 6.43 Å². The van der Waals surface area contributed by atoms with Crippen LogP contribution < -0.4 is 0 Å². The summed E-state index contributed by atoms with van der Waals surface area (Å²) < 4.78 is 31.2. The Morgan fingerprint density at radius 2 is 1.00 bits per heavy atom. The molecular weight excluding hydrogens is 480 g/mol. The zero-order valence-electron chi connectivity index (χ0n) is 25.3. The highest BCUT2D eigenvalue weighted by Crippen LogP contribution is 2.13. The minimum atomic E-state index is -2.52. The van der Waals surface area contributed by atoms with Crippen LogP contribution in [0, 0.1) is 0 Å². The highest BCUT2D eigenvalue weighted by molar-refractivity contribution is 5.67. The molecule has 0 fully saturated rings. The molecule has 0 aliphatic heterocycles. The standard InChI is InChI=1S/C33H63F2NO2/c1-3-5-7-9-11-13-15-16-17-18-19-20-22-24-26-28-30-38-33(37)36(31-32(34)35)29-27-25-23-21-14-12-10-8-6-4-2/h16-17,32H,3-15,18-31H2,1-2H3/b17-16-. The van der Waals surface area contributed by atoms with E-state index in [1.165, 1.54) is 120 Å². The molecule has 0 radical (unpaired) electrons. The third-order valence-electron chi connectivity index (χ3n) is 7.28. The van der Waals surface area contributed by atoms with E-state index in [1.54, 1.807) is 0 Å². The van der Waals surface area contributed by atoms with Crippen molar-refractivity contribution < 1.29 is 18.3 Å². The predicted molar refractivity (Wildman–Crippen MR) is 160 cm³/mol. The number of carbonyl (C=O) groups excluding carboxylic acids is 1. The molecule has 0 aliphatic carbocycles. The topological polar surface area (TPSA) is 29.5 Å². The lowest BCUT2D eigenvalue weighted by atomic mass is 10.1. The van der Waals surface area contributed by atoms with Gasteiger partial charge in [-0.05, 0) is 38.5 Å². The second-order valence-electron chi connectivity index (χ2n) is 11.1. The van der Waals surface area contributed by atoms with Gasteiger partial charge in [-0.3, -0.25) is 0 Å². The number of nitrogens with zero attached hydrogens (tertiary/aromatic N) is 1. The van der Waals surface area contributed by atoms with Crippen molar-refractivity contribution in [3.63, 3.8) is 0 Å². The van der Waals surface area contributed by atoms with E-state index in [9.17, 15) is 13.6 Å². The molecule has 0 saturated heterocycles. The van der Waals surface area contributed by atoms with Crippen molar-refractivity contribution in [2.45, 2.75) is 174 Å². The second-order valence-corrected chi connectivity index (χ2v) is 11.1. The van der Waals surface area contributed by atoms with Crippen LogP contribution in [0.3, 0.4) is 0 Å². The number of hydrogen-bond acceptors (Lipinski definition) is 2. The lowest BCUT2D eigenvalue weighted by Crippen LogP contribution is -2.36. The first kappa shape index (κ1) is 36.9. The fourth-order valence-corrected chi connectivity index (χ4v) is 4.81. The summed E-state index contributed by atoms with van der Waals surface area (Å²) in [6.45, 7) is 4.66. The van der Waals surface area contributed by atoms with E-state index in [0.717, 1.165) is 38.5 Å². The first-order valence-electron chi connectivity index (χ1n) is 16.5. The average Bonchev–Trinajstić information content (AvgIpc) is 2.90. The van der Waals surface area contributed by atoms with E-state index in [1.807, 2.05) is 0 Å². The predicted octanol–water partition coefficient (Wildman–Crippen LogP) is 11.6. The van der Waals surface area contributed by atoms with Gasteiger partial charge in [0.15, 0.2) is 0 Å².